The van der Waals surface area contributed by atoms with Gasteiger partial charge in [0, 0.05) is 12.1 Å². The Hall–Kier alpha value is -1.47. The quantitative estimate of drug-likeness (QED) is 0.908. The Labute approximate surface area is 123 Å². The molecule has 1 amide bonds. The van der Waals surface area contributed by atoms with E-state index in [4.69, 9.17) is 9.84 Å². The Bertz CT molecular complexity index is 537. The first kappa shape index (κ1) is 14.9. The van der Waals surface area contributed by atoms with Crippen LogP contribution in [0, 0.1) is 5.82 Å². The lowest BCUT2D eigenvalue weighted by Crippen LogP contribution is -2.49. The molecule has 2 rings (SSSR count). The highest BCUT2D eigenvalue weighted by molar-refractivity contribution is 9.10. The normalized spacial score (nSPS) is 18.9. The number of aliphatic carboxylic acids is 1. The van der Waals surface area contributed by atoms with Gasteiger partial charge in [-0.2, -0.15) is 0 Å². The minimum Gasteiger partial charge on any atom is -0.481 e. The van der Waals surface area contributed by atoms with Gasteiger partial charge in [0.05, 0.1) is 30.1 Å². The third-order valence-corrected chi connectivity index (χ3v) is 3.67. The molecule has 1 fully saturated rings. The highest BCUT2D eigenvalue weighted by Gasteiger charge is 2.29. The third kappa shape index (κ3) is 3.34. The number of hydrogen-bond acceptors (Lipinski definition) is 3. The van der Waals surface area contributed by atoms with E-state index in [1.54, 1.807) is 0 Å². The monoisotopic (exact) mass is 345 g/mol. The van der Waals surface area contributed by atoms with Crippen molar-refractivity contribution in [2.24, 2.45) is 0 Å². The molecule has 1 aromatic rings. The van der Waals surface area contributed by atoms with Crippen LogP contribution in [0.25, 0.3) is 0 Å². The first-order valence-electron chi connectivity index (χ1n) is 6.04. The number of morpholine rings is 1. The fourth-order valence-electron chi connectivity index (χ4n) is 2.09. The molecule has 0 bridgehead atoms. The summed E-state index contributed by atoms with van der Waals surface area (Å²) in [6, 6.07) is 3.47. The van der Waals surface area contributed by atoms with Crippen molar-refractivity contribution in [3.05, 3.63) is 34.1 Å². The first-order chi connectivity index (χ1) is 9.49. The van der Waals surface area contributed by atoms with E-state index in [1.165, 1.54) is 23.1 Å². The molecule has 7 heteroatoms. The van der Waals surface area contributed by atoms with Gasteiger partial charge in [0.25, 0.3) is 5.91 Å². The molecule has 1 atom stereocenters. The summed E-state index contributed by atoms with van der Waals surface area (Å²) in [5.74, 6) is -1.76. The summed E-state index contributed by atoms with van der Waals surface area (Å²) in [6.07, 6.45) is -0.173. The molecule has 0 aromatic heterocycles. The molecule has 20 heavy (non-hydrogen) atoms. The van der Waals surface area contributed by atoms with E-state index in [1.807, 2.05) is 0 Å². The molecular formula is C13H13BrFNO4. The average molecular weight is 346 g/mol. The average Bonchev–Trinajstić information content (AvgIpc) is 2.41. The Morgan fingerprint density at radius 1 is 1.50 bits per heavy atom. The van der Waals surface area contributed by atoms with Crippen molar-refractivity contribution in [1.82, 2.24) is 4.90 Å². The molecular weight excluding hydrogens is 333 g/mol. The lowest BCUT2D eigenvalue weighted by atomic mass is 10.1. The summed E-state index contributed by atoms with van der Waals surface area (Å²) >= 11 is 3.03. The number of amides is 1. The maximum Gasteiger partial charge on any atom is 0.305 e. The molecule has 0 saturated carbocycles. The maximum atomic E-state index is 13.2. The zero-order chi connectivity index (χ0) is 14.7. The van der Waals surface area contributed by atoms with E-state index in [0.29, 0.717) is 18.7 Å². The van der Waals surface area contributed by atoms with Crippen LogP contribution >= 0.6 is 15.9 Å². The number of rotatable bonds is 3. The summed E-state index contributed by atoms with van der Waals surface area (Å²) in [5, 5.41) is 8.87. The van der Waals surface area contributed by atoms with E-state index in [0.717, 1.165) is 0 Å². The largest absolute Gasteiger partial charge is 0.481 e. The van der Waals surface area contributed by atoms with Gasteiger partial charge in [0.1, 0.15) is 5.82 Å². The molecule has 1 aromatic carbocycles. The third-order valence-electron chi connectivity index (χ3n) is 3.07. The molecule has 0 aliphatic carbocycles. The molecule has 1 saturated heterocycles. The molecule has 1 unspecified atom stereocenters. The van der Waals surface area contributed by atoms with Gasteiger partial charge in [-0.1, -0.05) is 0 Å². The molecule has 1 aliphatic rings. The molecule has 108 valence electrons. The van der Waals surface area contributed by atoms with Crippen molar-refractivity contribution >= 4 is 27.8 Å². The van der Waals surface area contributed by atoms with Crippen LogP contribution in [-0.2, 0) is 9.53 Å². The summed E-state index contributed by atoms with van der Waals surface area (Å²) < 4.78 is 18.6. The summed E-state index contributed by atoms with van der Waals surface area (Å²) in [7, 11) is 0. The summed E-state index contributed by atoms with van der Waals surface area (Å²) in [5.41, 5.74) is 0.315. The summed E-state index contributed by atoms with van der Waals surface area (Å²) in [6.45, 7) is 0.885. The topological polar surface area (TPSA) is 66.8 Å². The van der Waals surface area contributed by atoms with E-state index < -0.39 is 17.8 Å². The second-order valence-electron chi connectivity index (χ2n) is 4.45. The maximum absolute atomic E-state index is 13.2. The highest BCUT2D eigenvalue weighted by atomic mass is 79.9. The van der Waals surface area contributed by atoms with Gasteiger partial charge in [0.2, 0.25) is 0 Å². The zero-order valence-corrected chi connectivity index (χ0v) is 12.1. The van der Waals surface area contributed by atoms with Crippen LogP contribution in [0.5, 0.6) is 0 Å². The Morgan fingerprint density at radius 2 is 2.25 bits per heavy atom. The fourth-order valence-corrected chi connectivity index (χ4v) is 2.47. The lowest BCUT2D eigenvalue weighted by molar-refractivity contribution is -0.139. The van der Waals surface area contributed by atoms with Crippen molar-refractivity contribution in [3.63, 3.8) is 0 Å². The first-order valence-corrected chi connectivity index (χ1v) is 6.84. The van der Waals surface area contributed by atoms with Crippen molar-refractivity contribution in [2.45, 2.75) is 12.5 Å². The van der Waals surface area contributed by atoms with Gasteiger partial charge in [-0.25, -0.2) is 4.39 Å². The Kier molecular flexibility index (Phi) is 4.72. The van der Waals surface area contributed by atoms with Gasteiger partial charge in [0.15, 0.2) is 0 Å². The second-order valence-corrected chi connectivity index (χ2v) is 5.31. The van der Waals surface area contributed by atoms with Crippen LogP contribution in [-0.4, -0.2) is 47.7 Å². The fraction of sp³-hybridized carbons (Fsp3) is 0.385. The molecule has 1 N–H and O–H groups in total. The van der Waals surface area contributed by atoms with Crippen LogP contribution in [0.2, 0.25) is 0 Å². The second kappa shape index (κ2) is 6.32. The highest BCUT2D eigenvalue weighted by Crippen LogP contribution is 2.20. The number of halogens is 2. The SMILES string of the molecule is O=C(O)CC1COCCN1C(=O)c1ccc(F)c(Br)c1. The van der Waals surface area contributed by atoms with Gasteiger partial charge in [-0.3, -0.25) is 9.59 Å². The van der Waals surface area contributed by atoms with Crippen molar-refractivity contribution in [2.75, 3.05) is 19.8 Å². The number of carboxylic acid groups (broad SMARTS) is 1. The van der Waals surface area contributed by atoms with Crippen LogP contribution in [0.4, 0.5) is 4.39 Å². The number of ether oxygens (including phenoxy) is 1. The number of benzene rings is 1. The minimum atomic E-state index is -0.987. The number of hydrogen-bond donors (Lipinski definition) is 1. The standard InChI is InChI=1S/C13H13BrFNO4/c14-10-5-8(1-2-11(10)15)13(19)16-3-4-20-7-9(16)6-12(17)18/h1-2,5,9H,3-4,6-7H2,(H,17,18). The van der Waals surface area contributed by atoms with Crippen LogP contribution in [0.15, 0.2) is 22.7 Å². The lowest BCUT2D eigenvalue weighted by Gasteiger charge is -2.34. The number of nitrogens with zero attached hydrogens (tertiary/aromatic N) is 1. The van der Waals surface area contributed by atoms with Crippen molar-refractivity contribution < 1.29 is 23.8 Å². The minimum absolute atomic E-state index is 0.173. The summed E-state index contributed by atoms with van der Waals surface area (Å²) in [4.78, 5) is 24.7. The predicted molar refractivity (Wildman–Crippen MR) is 72.0 cm³/mol. The molecule has 0 radical (unpaired) electrons. The van der Waals surface area contributed by atoms with Gasteiger partial charge >= 0.3 is 5.97 Å². The smallest absolute Gasteiger partial charge is 0.305 e. The van der Waals surface area contributed by atoms with Gasteiger partial charge in [-0.15, -0.1) is 0 Å². The van der Waals surface area contributed by atoms with Gasteiger partial charge in [-0.05, 0) is 34.1 Å². The Morgan fingerprint density at radius 3 is 2.90 bits per heavy atom. The molecule has 1 aliphatic heterocycles. The van der Waals surface area contributed by atoms with Crippen LogP contribution < -0.4 is 0 Å². The molecule has 0 spiro atoms. The number of carboxylic acids is 1. The van der Waals surface area contributed by atoms with E-state index in [9.17, 15) is 14.0 Å². The van der Waals surface area contributed by atoms with Gasteiger partial charge < -0.3 is 14.7 Å². The van der Waals surface area contributed by atoms with Crippen LogP contribution in [0.3, 0.4) is 0 Å². The van der Waals surface area contributed by atoms with E-state index in [-0.39, 0.29) is 23.4 Å². The number of carbonyl (C=O) groups is 2. The van der Waals surface area contributed by atoms with Crippen LogP contribution in [0.1, 0.15) is 16.8 Å². The molecule has 1 heterocycles. The number of carbonyl (C=O) groups excluding carboxylic acids is 1. The Balaban J connectivity index is 2.20. The van der Waals surface area contributed by atoms with Crippen molar-refractivity contribution in [3.8, 4) is 0 Å². The predicted octanol–water partition coefficient (Wildman–Crippen LogP) is 1.90. The van der Waals surface area contributed by atoms with E-state index in [2.05, 4.69) is 15.9 Å². The van der Waals surface area contributed by atoms with E-state index >= 15 is 0 Å². The molecule has 5 nitrogen and oxygen atoms in total. The van der Waals surface area contributed by atoms with Crippen molar-refractivity contribution in [1.29, 1.82) is 0 Å². The zero-order valence-electron chi connectivity index (χ0n) is 10.5.